The van der Waals surface area contributed by atoms with Gasteiger partial charge in [-0.25, -0.2) is 8.42 Å². The SMILES string of the molecule is NCC1CN(S(=O)(=O)c2cc(Cl)cc(Cl)c2)CCO1. The van der Waals surface area contributed by atoms with Gasteiger partial charge in [0, 0.05) is 29.7 Å². The lowest BCUT2D eigenvalue weighted by molar-refractivity contribution is 0.00451. The van der Waals surface area contributed by atoms with E-state index in [-0.39, 0.29) is 34.1 Å². The van der Waals surface area contributed by atoms with E-state index in [2.05, 4.69) is 0 Å². The molecule has 106 valence electrons. The van der Waals surface area contributed by atoms with E-state index in [1.54, 1.807) is 0 Å². The van der Waals surface area contributed by atoms with Crippen molar-refractivity contribution in [2.75, 3.05) is 26.2 Å². The molecule has 0 aromatic heterocycles. The van der Waals surface area contributed by atoms with Gasteiger partial charge in [0.25, 0.3) is 0 Å². The van der Waals surface area contributed by atoms with Gasteiger partial charge in [-0.1, -0.05) is 23.2 Å². The van der Waals surface area contributed by atoms with E-state index in [1.807, 2.05) is 0 Å². The maximum absolute atomic E-state index is 12.5. The summed E-state index contributed by atoms with van der Waals surface area (Å²) in [5, 5.41) is 0.574. The molecule has 1 aromatic carbocycles. The van der Waals surface area contributed by atoms with Crippen LogP contribution in [-0.2, 0) is 14.8 Å². The fourth-order valence-corrected chi connectivity index (χ4v) is 4.06. The number of hydrogen-bond acceptors (Lipinski definition) is 4. The summed E-state index contributed by atoms with van der Waals surface area (Å²) in [6.07, 6.45) is -0.279. The van der Waals surface area contributed by atoms with Crippen LogP contribution in [0.15, 0.2) is 23.1 Å². The minimum absolute atomic E-state index is 0.0858. The van der Waals surface area contributed by atoms with Crippen molar-refractivity contribution >= 4 is 33.2 Å². The summed E-state index contributed by atoms with van der Waals surface area (Å²) in [7, 11) is -3.62. The molecule has 8 heteroatoms. The van der Waals surface area contributed by atoms with Gasteiger partial charge in [-0.05, 0) is 18.2 Å². The highest BCUT2D eigenvalue weighted by Crippen LogP contribution is 2.25. The Morgan fingerprint density at radius 3 is 2.53 bits per heavy atom. The van der Waals surface area contributed by atoms with Crippen molar-refractivity contribution < 1.29 is 13.2 Å². The van der Waals surface area contributed by atoms with Gasteiger partial charge in [0.05, 0.1) is 17.6 Å². The van der Waals surface area contributed by atoms with Crippen LogP contribution >= 0.6 is 23.2 Å². The number of rotatable bonds is 3. The number of nitrogens with zero attached hydrogens (tertiary/aromatic N) is 1. The topological polar surface area (TPSA) is 72.6 Å². The predicted octanol–water partition coefficient (Wildman–Crippen LogP) is 1.34. The second-order valence-corrected chi connectivity index (χ2v) is 7.01. The zero-order valence-corrected chi connectivity index (χ0v) is 12.4. The van der Waals surface area contributed by atoms with Gasteiger partial charge < -0.3 is 10.5 Å². The molecule has 0 saturated carbocycles. The highest BCUT2D eigenvalue weighted by molar-refractivity contribution is 7.89. The fourth-order valence-electron chi connectivity index (χ4n) is 1.88. The van der Waals surface area contributed by atoms with Gasteiger partial charge in [-0.2, -0.15) is 4.31 Å². The van der Waals surface area contributed by atoms with Crippen LogP contribution < -0.4 is 5.73 Å². The molecule has 1 aliphatic rings. The second kappa shape index (κ2) is 5.95. The van der Waals surface area contributed by atoms with Gasteiger partial charge in [-0.3, -0.25) is 0 Å². The van der Waals surface area contributed by atoms with Gasteiger partial charge in [0.15, 0.2) is 0 Å². The van der Waals surface area contributed by atoms with Gasteiger partial charge in [0.1, 0.15) is 0 Å². The molecule has 1 heterocycles. The summed E-state index contributed by atoms with van der Waals surface area (Å²) in [5.41, 5.74) is 5.51. The maximum atomic E-state index is 12.5. The molecule has 2 N–H and O–H groups in total. The van der Waals surface area contributed by atoms with Crippen LogP contribution in [0.1, 0.15) is 0 Å². The molecular formula is C11H14Cl2N2O3S. The third-order valence-electron chi connectivity index (χ3n) is 2.84. The molecule has 5 nitrogen and oxygen atoms in total. The van der Waals surface area contributed by atoms with Gasteiger partial charge in [-0.15, -0.1) is 0 Å². The quantitative estimate of drug-likeness (QED) is 0.910. The Morgan fingerprint density at radius 2 is 1.95 bits per heavy atom. The minimum Gasteiger partial charge on any atom is -0.374 e. The van der Waals surface area contributed by atoms with Gasteiger partial charge >= 0.3 is 0 Å². The fraction of sp³-hybridized carbons (Fsp3) is 0.455. The Kier molecular flexibility index (Phi) is 4.70. The van der Waals surface area contributed by atoms with Crippen molar-refractivity contribution in [3.05, 3.63) is 28.2 Å². The number of sulfonamides is 1. The number of benzene rings is 1. The molecule has 0 spiro atoms. The summed E-state index contributed by atoms with van der Waals surface area (Å²) >= 11 is 11.7. The number of nitrogens with two attached hydrogens (primary N) is 1. The van der Waals surface area contributed by atoms with Gasteiger partial charge in [0.2, 0.25) is 10.0 Å². The van der Waals surface area contributed by atoms with E-state index in [9.17, 15) is 8.42 Å². The Hall–Kier alpha value is -0.370. The zero-order chi connectivity index (χ0) is 14.0. The molecule has 0 aliphatic carbocycles. The Morgan fingerprint density at radius 1 is 1.32 bits per heavy atom. The number of hydrogen-bond donors (Lipinski definition) is 1. The van der Waals surface area contributed by atoms with Crippen LogP contribution in [-0.4, -0.2) is 45.1 Å². The highest BCUT2D eigenvalue weighted by Gasteiger charge is 2.30. The molecule has 1 saturated heterocycles. The molecule has 19 heavy (non-hydrogen) atoms. The molecular weight excluding hydrogens is 311 g/mol. The van der Waals surface area contributed by atoms with Crippen molar-refractivity contribution in [1.29, 1.82) is 0 Å². The van der Waals surface area contributed by atoms with E-state index in [1.165, 1.54) is 22.5 Å². The molecule has 0 bridgehead atoms. The van der Waals surface area contributed by atoms with Crippen molar-refractivity contribution in [2.24, 2.45) is 5.73 Å². The average Bonchev–Trinajstić information content (AvgIpc) is 2.37. The Bertz CT molecular complexity index is 545. The first-order valence-corrected chi connectivity index (χ1v) is 7.91. The molecule has 1 aliphatic heterocycles. The third-order valence-corrected chi connectivity index (χ3v) is 5.12. The van der Waals surface area contributed by atoms with Crippen LogP contribution in [0.25, 0.3) is 0 Å². The van der Waals surface area contributed by atoms with E-state index in [0.29, 0.717) is 13.2 Å². The Labute approximate surface area is 122 Å². The number of morpholine rings is 1. The first-order chi connectivity index (χ1) is 8.93. The predicted molar refractivity (Wildman–Crippen MR) is 74.0 cm³/mol. The monoisotopic (exact) mass is 324 g/mol. The summed E-state index contributed by atoms with van der Waals surface area (Å²) in [6, 6.07) is 4.26. The average molecular weight is 325 g/mol. The van der Waals surface area contributed by atoms with Crippen LogP contribution in [0, 0.1) is 0 Å². The van der Waals surface area contributed by atoms with E-state index in [0.717, 1.165) is 0 Å². The molecule has 0 amide bonds. The first kappa shape index (κ1) is 15.0. The largest absolute Gasteiger partial charge is 0.374 e. The molecule has 1 atom stereocenters. The van der Waals surface area contributed by atoms with Crippen molar-refractivity contribution in [3.63, 3.8) is 0 Å². The maximum Gasteiger partial charge on any atom is 0.243 e. The van der Waals surface area contributed by atoms with Crippen molar-refractivity contribution in [3.8, 4) is 0 Å². The van der Waals surface area contributed by atoms with E-state index in [4.69, 9.17) is 33.7 Å². The van der Waals surface area contributed by atoms with Crippen LogP contribution in [0.2, 0.25) is 10.0 Å². The lowest BCUT2D eigenvalue weighted by Gasteiger charge is -2.31. The number of ether oxygens (including phenoxy) is 1. The van der Waals surface area contributed by atoms with Crippen LogP contribution in [0.3, 0.4) is 0 Å². The van der Waals surface area contributed by atoms with E-state index >= 15 is 0 Å². The molecule has 1 aromatic rings. The lowest BCUT2D eigenvalue weighted by Crippen LogP contribution is -2.48. The summed E-state index contributed by atoms with van der Waals surface area (Å²) < 4.78 is 31.6. The zero-order valence-electron chi connectivity index (χ0n) is 10.1. The van der Waals surface area contributed by atoms with Crippen LogP contribution in [0.4, 0.5) is 0 Å². The molecule has 0 radical (unpaired) electrons. The third kappa shape index (κ3) is 3.39. The van der Waals surface area contributed by atoms with Crippen LogP contribution in [0.5, 0.6) is 0 Å². The normalized spacial score (nSPS) is 21.5. The van der Waals surface area contributed by atoms with Crippen molar-refractivity contribution in [1.82, 2.24) is 4.31 Å². The minimum atomic E-state index is -3.62. The summed E-state index contributed by atoms with van der Waals surface area (Å²) in [4.78, 5) is 0.0858. The molecule has 1 unspecified atom stereocenters. The van der Waals surface area contributed by atoms with Crippen molar-refractivity contribution in [2.45, 2.75) is 11.0 Å². The van der Waals surface area contributed by atoms with E-state index < -0.39 is 10.0 Å². The summed E-state index contributed by atoms with van der Waals surface area (Å²) in [5.74, 6) is 0. The Balaban J connectivity index is 2.31. The smallest absolute Gasteiger partial charge is 0.243 e. The number of halogens is 2. The first-order valence-electron chi connectivity index (χ1n) is 5.71. The molecule has 1 fully saturated rings. The lowest BCUT2D eigenvalue weighted by atomic mass is 10.3. The standard InChI is InChI=1S/C11H14Cl2N2O3S/c12-8-3-9(13)5-11(4-8)19(16,17)15-1-2-18-10(6-14)7-15/h3-5,10H,1-2,6-7,14H2. The second-order valence-electron chi connectivity index (χ2n) is 4.20. The molecule has 2 rings (SSSR count). The summed E-state index contributed by atoms with van der Waals surface area (Å²) in [6.45, 7) is 1.14. The highest BCUT2D eigenvalue weighted by atomic mass is 35.5.